The molecule has 1 atom stereocenters. The molecule has 128 valence electrons. The van der Waals surface area contributed by atoms with Gasteiger partial charge in [0.05, 0.1) is 17.4 Å². The van der Waals surface area contributed by atoms with Gasteiger partial charge in [-0.15, -0.1) is 0 Å². The van der Waals surface area contributed by atoms with E-state index < -0.39 is 22.7 Å². The third-order valence-electron chi connectivity index (χ3n) is 5.14. The molecule has 0 saturated heterocycles. The number of nitrogens with one attached hydrogen (secondary N) is 1. The van der Waals surface area contributed by atoms with Gasteiger partial charge in [0.1, 0.15) is 0 Å². The maximum absolute atomic E-state index is 12.4. The first-order valence-electron chi connectivity index (χ1n) is 8.16. The third-order valence-corrected chi connectivity index (χ3v) is 5.14. The van der Waals surface area contributed by atoms with Gasteiger partial charge in [0.2, 0.25) is 5.91 Å². The van der Waals surface area contributed by atoms with E-state index in [0.29, 0.717) is 19.0 Å². The topological polar surface area (TPSA) is 84.2 Å². The molecule has 1 fully saturated rings. The Balaban J connectivity index is 1.78. The number of hydrogen-bond donors (Lipinski definition) is 2. The molecule has 2 aromatic rings. The molecule has 24 heavy (non-hydrogen) atoms. The molecule has 1 heterocycles. The summed E-state index contributed by atoms with van der Waals surface area (Å²) in [7, 11) is 0. The molecule has 6 heteroatoms. The number of hydrogen-bond acceptors (Lipinski definition) is 3. The van der Waals surface area contributed by atoms with Crippen LogP contribution in [0, 0.1) is 10.8 Å². The zero-order chi connectivity index (χ0) is 17.7. The van der Waals surface area contributed by atoms with Crippen molar-refractivity contribution < 1.29 is 14.7 Å². The highest BCUT2D eigenvalue weighted by atomic mass is 16.4. The second kappa shape index (κ2) is 5.33. The van der Waals surface area contributed by atoms with Crippen molar-refractivity contribution in [2.24, 2.45) is 10.8 Å². The molecular weight excluding hydrogens is 306 g/mol. The maximum Gasteiger partial charge on any atom is 0.319 e. The van der Waals surface area contributed by atoms with E-state index in [9.17, 15) is 14.7 Å². The number of carboxylic acids is 1. The highest BCUT2D eigenvalue weighted by molar-refractivity contribution is 6.06. The van der Waals surface area contributed by atoms with Crippen LogP contribution in [0.5, 0.6) is 0 Å². The largest absolute Gasteiger partial charge is 0.480 e. The first-order valence-corrected chi connectivity index (χ1v) is 8.16. The maximum atomic E-state index is 12.4. The number of fused-ring (bicyclic) bond motifs is 1. The van der Waals surface area contributed by atoms with Gasteiger partial charge < -0.3 is 15.0 Å². The van der Waals surface area contributed by atoms with Crippen LogP contribution in [0.3, 0.4) is 0 Å². The Morgan fingerprint density at radius 1 is 1.38 bits per heavy atom. The van der Waals surface area contributed by atoms with Crippen LogP contribution in [0.4, 0.5) is 0 Å². The highest BCUT2D eigenvalue weighted by Gasteiger charge is 2.71. The van der Waals surface area contributed by atoms with Crippen LogP contribution in [0.25, 0.3) is 11.0 Å². The minimum absolute atomic E-state index is 0.294. The Morgan fingerprint density at radius 3 is 2.58 bits per heavy atom. The summed E-state index contributed by atoms with van der Waals surface area (Å²) in [5, 5.41) is 12.2. The van der Waals surface area contributed by atoms with E-state index in [2.05, 4.69) is 28.7 Å². The van der Waals surface area contributed by atoms with Gasteiger partial charge in [-0.05, 0) is 43.4 Å². The third kappa shape index (κ3) is 2.37. The van der Waals surface area contributed by atoms with E-state index in [4.69, 9.17) is 0 Å². The molecule has 6 nitrogen and oxygen atoms in total. The molecule has 1 aliphatic carbocycles. The predicted octanol–water partition coefficient (Wildman–Crippen LogP) is 2.73. The Hall–Kier alpha value is -2.37. The molecule has 2 N–H and O–H groups in total. The lowest BCUT2D eigenvalue weighted by Gasteiger charge is -2.16. The molecule has 1 unspecified atom stereocenters. The van der Waals surface area contributed by atoms with Crippen LogP contribution in [0.1, 0.15) is 45.7 Å². The van der Waals surface area contributed by atoms with Gasteiger partial charge in [-0.1, -0.05) is 19.9 Å². The minimum Gasteiger partial charge on any atom is -0.480 e. The molecule has 3 rings (SSSR count). The molecule has 0 spiro atoms. The van der Waals surface area contributed by atoms with Gasteiger partial charge in [0.15, 0.2) is 5.41 Å². The fourth-order valence-electron chi connectivity index (χ4n) is 3.39. The molecule has 1 aromatic heterocycles. The molecule has 0 radical (unpaired) electrons. The summed E-state index contributed by atoms with van der Waals surface area (Å²) >= 11 is 0. The van der Waals surface area contributed by atoms with E-state index >= 15 is 0 Å². The summed E-state index contributed by atoms with van der Waals surface area (Å²) in [6.45, 7) is 8.10. The molecule has 0 aliphatic heterocycles. The summed E-state index contributed by atoms with van der Waals surface area (Å²) in [6.07, 6.45) is 2.18. The van der Waals surface area contributed by atoms with Gasteiger partial charge in [-0.3, -0.25) is 9.59 Å². The zero-order valence-corrected chi connectivity index (χ0v) is 14.5. The average molecular weight is 329 g/mol. The summed E-state index contributed by atoms with van der Waals surface area (Å²) in [5.74, 6) is -1.45. The molecule has 0 bridgehead atoms. The Bertz CT molecular complexity index is 822. The van der Waals surface area contributed by atoms with Crippen molar-refractivity contribution >= 4 is 22.9 Å². The van der Waals surface area contributed by atoms with Crippen molar-refractivity contribution in [2.45, 2.75) is 46.7 Å². The second-order valence-electron chi connectivity index (χ2n) is 7.52. The normalized spacial score (nSPS) is 21.9. The van der Waals surface area contributed by atoms with Gasteiger partial charge in [-0.2, -0.15) is 0 Å². The van der Waals surface area contributed by atoms with Gasteiger partial charge >= 0.3 is 5.97 Å². The minimum atomic E-state index is -1.29. The number of nitrogens with zero attached hydrogens (tertiary/aromatic N) is 2. The van der Waals surface area contributed by atoms with E-state index in [1.807, 2.05) is 38.4 Å². The van der Waals surface area contributed by atoms with Crippen LogP contribution >= 0.6 is 0 Å². The average Bonchev–Trinajstić information content (AvgIpc) is 2.90. The quantitative estimate of drug-likeness (QED) is 0.826. The summed E-state index contributed by atoms with van der Waals surface area (Å²) in [5.41, 5.74) is 1.05. The van der Waals surface area contributed by atoms with Gasteiger partial charge in [-0.25, -0.2) is 4.98 Å². The number of amides is 1. The standard InChI is InChI=1S/C18H23N3O3/c1-11(2)21-10-20-13-6-5-12(7-14(13)21)8-19-15(22)18(16(23)24)9-17(18,3)4/h5-7,10-11H,8-9H2,1-4H3,(H,19,22)(H,23,24). The fraction of sp³-hybridized carbons (Fsp3) is 0.500. The van der Waals surface area contributed by atoms with Crippen molar-refractivity contribution in [3.05, 3.63) is 30.1 Å². The molecule has 1 aliphatic rings. The molecule has 1 amide bonds. The van der Waals surface area contributed by atoms with Crippen LogP contribution in [-0.2, 0) is 16.1 Å². The number of carboxylic acid groups (broad SMARTS) is 1. The summed E-state index contributed by atoms with van der Waals surface area (Å²) in [4.78, 5) is 28.3. The Labute approximate surface area is 140 Å². The lowest BCUT2D eigenvalue weighted by molar-refractivity contribution is -0.150. The van der Waals surface area contributed by atoms with Crippen molar-refractivity contribution in [3.63, 3.8) is 0 Å². The first-order chi connectivity index (χ1) is 11.2. The lowest BCUT2D eigenvalue weighted by Crippen LogP contribution is -2.39. The van der Waals surface area contributed by atoms with Crippen LogP contribution in [-0.4, -0.2) is 26.5 Å². The Morgan fingerprint density at radius 2 is 2.04 bits per heavy atom. The number of carbonyl (C=O) groups excluding carboxylic acids is 1. The van der Waals surface area contributed by atoms with Crippen LogP contribution in [0.15, 0.2) is 24.5 Å². The number of carbonyl (C=O) groups is 2. The van der Waals surface area contributed by atoms with Crippen LogP contribution in [0.2, 0.25) is 0 Å². The van der Waals surface area contributed by atoms with E-state index in [-0.39, 0.29) is 0 Å². The fourth-order valence-corrected chi connectivity index (χ4v) is 3.39. The molecule has 1 saturated carbocycles. The lowest BCUT2D eigenvalue weighted by atomic mass is 9.95. The van der Waals surface area contributed by atoms with Gasteiger partial charge in [0, 0.05) is 12.6 Å². The van der Waals surface area contributed by atoms with Crippen molar-refractivity contribution in [3.8, 4) is 0 Å². The van der Waals surface area contributed by atoms with Crippen molar-refractivity contribution in [1.82, 2.24) is 14.9 Å². The summed E-state index contributed by atoms with van der Waals surface area (Å²) < 4.78 is 2.07. The predicted molar refractivity (Wildman–Crippen MR) is 90.4 cm³/mol. The van der Waals surface area contributed by atoms with Crippen LogP contribution < -0.4 is 5.32 Å². The van der Waals surface area contributed by atoms with Gasteiger partial charge in [0.25, 0.3) is 0 Å². The highest BCUT2D eigenvalue weighted by Crippen LogP contribution is 2.63. The first kappa shape index (κ1) is 16.5. The number of benzene rings is 1. The Kier molecular flexibility index (Phi) is 3.66. The second-order valence-corrected chi connectivity index (χ2v) is 7.52. The number of aromatic nitrogens is 2. The summed E-state index contributed by atoms with van der Waals surface area (Å²) in [6, 6.07) is 6.12. The smallest absolute Gasteiger partial charge is 0.319 e. The monoisotopic (exact) mass is 329 g/mol. The SMILES string of the molecule is CC(C)n1cnc2ccc(CNC(=O)C3(C(=O)O)CC3(C)C)cc21. The molecular formula is C18H23N3O3. The van der Waals surface area contributed by atoms with E-state index in [1.54, 1.807) is 0 Å². The van der Waals surface area contributed by atoms with E-state index in [1.165, 1.54) is 0 Å². The number of rotatable bonds is 5. The number of aliphatic carboxylic acids is 1. The zero-order valence-electron chi connectivity index (χ0n) is 14.5. The van der Waals surface area contributed by atoms with Crippen molar-refractivity contribution in [1.29, 1.82) is 0 Å². The number of imidazole rings is 1. The van der Waals surface area contributed by atoms with Crippen molar-refractivity contribution in [2.75, 3.05) is 0 Å². The van der Waals surface area contributed by atoms with E-state index in [0.717, 1.165) is 16.6 Å². The molecule has 1 aromatic carbocycles.